The summed E-state index contributed by atoms with van der Waals surface area (Å²) in [5.74, 6) is 1.28. The van der Waals surface area contributed by atoms with E-state index in [1.54, 1.807) is 22.7 Å². The van der Waals surface area contributed by atoms with Crippen molar-refractivity contribution in [1.82, 2.24) is 9.97 Å². The molecular weight excluding hydrogens is 288 g/mol. The predicted molar refractivity (Wildman–Crippen MR) is 87.6 cm³/mol. The van der Waals surface area contributed by atoms with Crippen LogP contribution in [0.25, 0.3) is 10.2 Å². The number of thiophene rings is 2. The van der Waals surface area contributed by atoms with Crippen LogP contribution < -0.4 is 10.6 Å². The first-order chi connectivity index (χ1) is 9.67. The molecule has 0 bridgehead atoms. The third-order valence-corrected chi connectivity index (χ3v) is 4.93. The van der Waals surface area contributed by atoms with Crippen LogP contribution in [0.3, 0.4) is 0 Å². The second-order valence-corrected chi connectivity index (χ2v) is 6.84. The van der Waals surface area contributed by atoms with Crippen LogP contribution in [0.15, 0.2) is 23.6 Å². The van der Waals surface area contributed by atoms with Crippen LogP contribution in [-0.2, 0) is 6.54 Å². The summed E-state index contributed by atoms with van der Waals surface area (Å²) < 4.78 is 0. The van der Waals surface area contributed by atoms with Gasteiger partial charge in [0.15, 0.2) is 0 Å². The maximum absolute atomic E-state index is 5.86. The molecule has 0 saturated heterocycles. The highest BCUT2D eigenvalue weighted by Gasteiger charge is 2.15. The first-order valence-corrected chi connectivity index (χ1v) is 8.18. The van der Waals surface area contributed by atoms with Crippen LogP contribution in [0.2, 0.25) is 0 Å². The van der Waals surface area contributed by atoms with Crippen molar-refractivity contribution in [3.8, 4) is 0 Å². The Morgan fingerprint density at radius 3 is 2.90 bits per heavy atom. The van der Waals surface area contributed by atoms with Crippen molar-refractivity contribution in [3.63, 3.8) is 0 Å². The van der Waals surface area contributed by atoms with Gasteiger partial charge in [0.1, 0.15) is 10.6 Å². The molecule has 2 N–H and O–H groups in total. The Labute approximate surface area is 125 Å². The van der Waals surface area contributed by atoms with Gasteiger partial charge in [-0.05, 0) is 31.4 Å². The lowest BCUT2D eigenvalue weighted by Gasteiger charge is -2.22. The summed E-state index contributed by atoms with van der Waals surface area (Å²) in [5.41, 5.74) is 5.86. The van der Waals surface area contributed by atoms with Gasteiger partial charge in [-0.15, -0.1) is 22.7 Å². The van der Waals surface area contributed by atoms with Crippen LogP contribution in [-0.4, -0.2) is 16.5 Å². The highest BCUT2D eigenvalue weighted by atomic mass is 32.1. The number of rotatable bonds is 4. The lowest BCUT2D eigenvalue weighted by molar-refractivity contribution is 0.828. The molecule has 3 heterocycles. The summed E-state index contributed by atoms with van der Waals surface area (Å²) in [6.45, 7) is 5.96. The number of aryl methyl sites for hydroxylation is 1. The van der Waals surface area contributed by atoms with Gasteiger partial charge < -0.3 is 10.6 Å². The van der Waals surface area contributed by atoms with Crippen molar-refractivity contribution in [1.29, 1.82) is 0 Å². The molecule has 0 aliphatic carbocycles. The molecule has 3 aromatic heterocycles. The Hall–Kier alpha value is -1.66. The summed E-state index contributed by atoms with van der Waals surface area (Å²) in [6, 6.07) is 6.37. The molecule has 0 aromatic carbocycles. The summed E-state index contributed by atoms with van der Waals surface area (Å²) in [5, 5.41) is 3.20. The van der Waals surface area contributed by atoms with Gasteiger partial charge in [-0.3, -0.25) is 0 Å². The molecule has 0 atom stereocenters. The fourth-order valence-corrected chi connectivity index (χ4v) is 3.81. The summed E-state index contributed by atoms with van der Waals surface area (Å²) in [6.07, 6.45) is 0. The number of nitrogens with zero attached hydrogens (tertiary/aromatic N) is 3. The van der Waals surface area contributed by atoms with Gasteiger partial charge in [-0.25, -0.2) is 4.98 Å². The van der Waals surface area contributed by atoms with E-state index in [2.05, 4.69) is 52.3 Å². The third-order valence-electron chi connectivity index (χ3n) is 3.12. The minimum Gasteiger partial charge on any atom is -0.368 e. The largest absolute Gasteiger partial charge is 0.368 e. The number of fused-ring (bicyclic) bond motifs is 1. The molecule has 0 spiro atoms. The van der Waals surface area contributed by atoms with Crippen molar-refractivity contribution in [3.05, 3.63) is 33.3 Å². The Morgan fingerprint density at radius 1 is 1.35 bits per heavy atom. The standard InChI is InChI=1S/C14H16N4S2/c1-3-18(8-10-5-4-6-19-10)12-11-7-9(2)20-13(11)17-14(15)16-12/h4-7H,3,8H2,1-2H3,(H2,15,16,17). The minimum absolute atomic E-state index is 0.346. The zero-order valence-corrected chi connectivity index (χ0v) is 13.1. The van der Waals surface area contributed by atoms with E-state index >= 15 is 0 Å². The Bertz CT molecular complexity index is 718. The van der Waals surface area contributed by atoms with Crippen molar-refractivity contribution in [2.45, 2.75) is 20.4 Å². The van der Waals surface area contributed by atoms with Crippen LogP contribution in [0.5, 0.6) is 0 Å². The topological polar surface area (TPSA) is 55.0 Å². The highest BCUT2D eigenvalue weighted by molar-refractivity contribution is 7.18. The summed E-state index contributed by atoms with van der Waals surface area (Å²) >= 11 is 3.42. The average molecular weight is 304 g/mol. The molecule has 104 valence electrons. The number of hydrogen-bond acceptors (Lipinski definition) is 6. The van der Waals surface area contributed by atoms with Crippen LogP contribution in [0, 0.1) is 6.92 Å². The Morgan fingerprint density at radius 2 is 2.20 bits per heavy atom. The molecule has 0 aliphatic heterocycles. The summed E-state index contributed by atoms with van der Waals surface area (Å²) in [4.78, 5) is 14.6. The lowest BCUT2D eigenvalue weighted by atomic mass is 10.3. The zero-order valence-electron chi connectivity index (χ0n) is 11.5. The normalized spacial score (nSPS) is 11.1. The van der Waals surface area contributed by atoms with Crippen LogP contribution in [0.4, 0.5) is 11.8 Å². The second-order valence-electron chi connectivity index (χ2n) is 4.57. The van der Waals surface area contributed by atoms with E-state index in [-0.39, 0.29) is 0 Å². The molecule has 6 heteroatoms. The number of nitrogens with two attached hydrogens (primary N) is 1. The van der Waals surface area contributed by atoms with E-state index in [1.165, 1.54) is 9.75 Å². The number of aromatic nitrogens is 2. The molecule has 0 aliphatic rings. The van der Waals surface area contributed by atoms with Crippen molar-refractivity contribution >= 4 is 44.7 Å². The van der Waals surface area contributed by atoms with Gasteiger partial charge >= 0.3 is 0 Å². The second kappa shape index (κ2) is 5.38. The van der Waals surface area contributed by atoms with Gasteiger partial charge in [-0.2, -0.15) is 4.98 Å². The molecule has 3 rings (SSSR count). The van der Waals surface area contributed by atoms with Gasteiger partial charge in [0, 0.05) is 16.3 Å². The van der Waals surface area contributed by atoms with E-state index in [0.717, 1.165) is 29.1 Å². The quantitative estimate of drug-likeness (QED) is 0.799. The van der Waals surface area contributed by atoms with Gasteiger partial charge in [0.2, 0.25) is 5.95 Å². The Balaban J connectivity index is 2.06. The van der Waals surface area contributed by atoms with Crippen molar-refractivity contribution in [2.24, 2.45) is 0 Å². The molecule has 0 unspecified atom stereocenters. The molecule has 0 amide bonds. The van der Waals surface area contributed by atoms with Gasteiger partial charge in [0.05, 0.1) is 11.9 Å². The fraction of sp³-hybridized carbons (Fsp3) is 0.286. The minimum atomic E-state index is 0.346. The fourth-order valence-electron chi connectivity index (χ4n) is 2.21. The van der Waals surface area contributed by atoms with Crippen LogP contribution in [0.1, 0.15) is 16.7 Å². The zero-order chi connectivity index (χ0) is 14.1. The molecule has 3 aromatic rings. The first kappa shape index (κ1) is 13.3. The van der Waals surface area contributed by atoms with E-state index in [1.807, 2.05) is 0 Å². The molecule has 0 fully saturated rings. The monoisotopic (exact) mass is 304 g/mol. The molecule has 20 heavy (non-hydrogen) atoms. The maximum Gasteiger partial charge on any atom is 0.223 e. The maximum atomic E-state index is 5.86. The molecule has 0 radical (unpaired) electrons. The third kappa shape index (κ3) is 2.48. The highest BCUT2D eigenvalue weighted by Crippen LogP contribution is 2.32. The molecule has 0 saturated carbocycles. The first-order valence-electron chi connectivity index (χ1n) is 6.48. The smallest absolute Gasteiger partial charge is 0.223 e. The number of hydrogen-bond donors (Lipinski definition) is 1. The van der Waals surface area contributed by atoms with Gasteiger partial charge in [0.25, 0.3) is 0 Å². The average Bonchev–Trinajstić information content (AvgIpc) is 3.03. The SMILES string of the molecule is CCN(Cc1cccs1)c1nc(N)nc2sc(C)cc12. The number of nitrogen functional groups attached to an aromatic ring is 1. The predicted octanol–water partition coefficient (Wildman–Crippen LogP) is 3.67. The summed E-state index contributed by atoms with van der Waals surface area (Å²) in [7, 11) is 0. The number of anilines is 2. The van der Waals surface area contributed by atoms with Gasteiger partial charge in [-0.1, -0.05) is 6.07 Å². The van der Waals surface area contributed by atoms with E-state index in [9.17, 15) is 0 Å². The van der Waals surface area contributed by atoms with Crippen molar-refractivity contribution < 1.29 is 0 Å². The van der Waals surface area contributed by atoms with Crippen molar-refractivity contribution in [2.75, 3.05) is 17.2 Å². The lowest BCUT2D eigenvalue weighted by Crippen LogP contribution is -2.23. The molecular formula is C14H16N4S2. The van der Waals surface area contributed by atoms with E-state index in [4.69, 9.17) is 5.73 Å². The van der Waals surface area contributed by atoms with E-state index < -0.39 is 0 Å². The Kier molecular flexibility index (Phi) is 3.58. The van der Waals surface area contributed by atoms with Crippen LogP contribution >= 0.6 is 22.7 Å². The van der Waals surface area contributed by atoms with E-state index in [0.29, 0.717) is 5.95 Å². The molecule has 4 nitrogen and oxygen atoms in total.